The largest absolute Gasteiger partial charge is 0.367 e. The lowest BCUT2D eigenvalue weighted by Crippen LogP contribution is -2.15. The minimum Gasteiger partial charge on any atom is -0.367 e. The highest BCUT2D eigenvalue weighted by Crippen LogP contribution is 2.11. The summed E-state index contributed by atoms with van der Waals surface area (Å²) in [6, 6.07) is 10.6. The molecule has 1 unspecified atom stereocenters. The second-order valence-electron chi connectivity index (χ2n) is 5.00. The second-order valence-corrected chi connectivity index (χ2v) is 5.00. The van der Waals surface area contributed by atoms with Crippen molar-refractivity contribution < 1.29 is 0 Å². The minimum absolute atomic E-state index is 0.411. The molecule has 1 aromatic carbocycles. The Morgan fingerprint density at radius 1 is 1.20 bits per heavy atom. The van der Waals surface area contributed by atoms with E-state index in [4.69, 9.17) is 0 Å². The van der Waals surface area contributed by atoms with Gasteiger partial charge in [-0.15, -0.1) is 0 Å². The normalized spacial score (nSPS) is 11.9. The van der Waals surface area contributed by atoms with E-state index in [-0.39, 0.29) is 0 Å². The molecule has 1 aromatic heterocycles. The van der Waals surface area contributed by atoms with Gasteiger partial charge in [-0.05, 0) is 37.5 Å². The van der Waals surface area contributed by atoms with Gasteiger partial charge < -0.3 is 10.6 Å². The predicted molar refractivity (Wildman–Crippen MR) is 83.9 cm³/mol. The summed E-state index contributed by atoms with van der Waals surface area (Å²) < 4.78 is 0. The average molecular weight is 270 g/mol. The van der Waals surface area contributed by atoms with Crippen LogP contribution in [-0.4, -0.2) is 16.0 Å². The first-order chi connectivity index (χ1) is 9.69. The summed E-state index contributed by atoms with van der Waals surface area (Å²) >= 11 is 0. The number of nitrogens with zero attached hydrogens (tertiary/aromatic N) is 2. The maximum absolute atomic E-state index is 4.47. The Morgan fingerprint density at radius 2 is 2.00 bits per heavy atom. The lowest BCUT2D eigenvalue weighted by atomic mass is 10.1. The number of anilines is 2. The van der Waals surface area contributed by atoms with Crippen molar-refractivity contribution in [2.24, 2.45) is 0 Å². The van der Waals surface area contributed by atoms with Crippen LogP contribution in [0.4, 0.5) is 11.8 Å². The number of aryl methyl sites for hydroxylation is 1. The van der Waals surface area contributed by atoms with Crippen molar-refractivity contribution in [3.05, 3.63) is 47.7 Å². The summed E-state index contributed by atoms with van der Waals surface area (Å²) in [5.41, 5.74) is 2.53. The summed E-state index contributed by atoms with van der Waals surface area (Å²) in [6.07, 6.45) is 2.84. The first kappa shape index (κ1) is 14.3. The van der Waals surface area contributed by atoms with Gasteiger partial charge in [-0.2, -0.15) is 4.98 Å². The van der Waals surface area contributed by atoms with Gasteiger partial charge in [0.15, 0.2) is 0 Å². The molecule has 0 saturated heterocycles. The van der Waals surface area contributed by atoms with Gasteiger partial charge in [0.05, 0.1) is 0 Å². The Balaban J connectivity index is 2.00. The van der Waals surface area contributed by atoms with Crippen molar-refractivity contribution in [3.63, 3.8) is 0 Å². The third kappa shape index (κ3) is 3.95. The van der Waals surface area contributed by atoms with Crippen LogP contribution in [0, 0.1) is 6.92 Å². The van der Waals surface area contributed by atoms with Crippen molar-refractivity contribution in [1.29, 1.82) is 0 Å². The fourth-order valence-electron chi connectivity index (χ4n) is 1.86. The Morgan fingerprint density at radius 3 is 2.75 bits per heavy atom. The molecule has 0 aliphatic rings. The molecule has 0 radical (unpaired) electrons. The quantitative estimate of drug-likeness (QED) is 0.842. The number of nitrogens with one attached hydrogen (secondary N) is 2. The lowest BCUT2D eigenvalue weighted by Gasteiger charge is -2.13. The lowest BCUT2D eigenvalue weighted by molar-refractivity contribution is 0.758. The standard InChI is InChI=1S/C16H22N4/c1-4-13(3)19-15-9-10-17-16(20-15)18-11-14-8-6-5-7-12(14)2/h5-10,13H,4,11H2,1-3H3,(H2,17,18,19,20). The van der Waals surface area contributed by atoms with E-state index >= 15 is 0 Å². The maximum atomic E-state index is 4.47. The summed E-state index contributed by atoms with van der Waals surface area (Å²) in [5, 5.41) is 6.62. The smallest absolute Gasteiger partial charge is 0.224 e. The number of hydrogen-bond donors (Lipinski definition) is 2. The van der Waals surface area contributed by atoms with Crippen molar-refractivity contribution >= 4 is 11.8 Å². The second kappa shape index (κ2) is 6.89. The van der Waals surface area contributed by atoms with Crippen LogP contribution in [0.25, 0.3) is 0 Å². The van der Waals surface area contributed by atoms with Crippen molar-refractivity contribution in [3.8, 4) is 0 Å². The fraction of sp³-hybridized carbons (Fsp3) is 0.375. The van der Waals surface area contributed by atoms with Crippen LogP contribution in [0.5, 0.6) is 0 Å². The van der Waals surface area contributed by atoms with E-state index in [0.29, 0.717) is 12.0 Å². The molecule has 20 heavy (non-hydrogen) atoms. The molecule has 0 amide bonds. The van der Waals surface area contributed by atoms with Crippen LogP contribution in [0.2, 0.25) is 0 Å². The Kier molecular flexibility index (Phi) is 4.93. The molecule has 0 fully saturated rings. The Labute approximate surface area is 120 Å². The zero-order valence-corrected chi connectivity index (χ0v) is 12.4. The van der Waals surface area contributed by atoms with Gasteiger partial charge in [0.2, 0.25) is 5.95 Å². The van der Waals surface area contributed by atoms with E-state index in [9.17, 15) is 0 Å². The molecule has 1 heterocycles. The summed E-state index contributed by atoms with van der Waals surface area (Å²) in [7, 11) is 0. The monoisotopic (exact) mass is 270 g/mol. The zero-order valence-electron chi connectivity index (χ0n) is 12.4. The van der Waals surface area contributed by atoms with E-state index in [2.05, 4.69) is 53.5 Å². The molecule has 2 aromatic rings. The molecule has 4 nitrogen and oxygen atoms in total. The van der Waals surface area contributed by atoms with Crippen LogP contribution in [0.3, 0.4) is 0 Å². The minimum atomic E-state index is 0.411. The van der Waals surface area contributed by atoms with E-state index in [1.807, 2.05) is 18.2 Å². The zero-order chi connectivity index (χ0) is 14.4. The molecule has 4 heteroatoms. The highest BCUT2D eigenvalue weighted by atomic mass is 15.1. The third-order valence-electron chi connectivity index (χ3n) is 3.36. The highest BCUT2D eigenvalue weighted by molar-refractivity contribution is 5.41. The first-order valence-corrected chi connectivity index (χ1v) is 7.07. The van der Waals surface area contributed by atoms with Gasteiger partial charge in [-0.1, -0.05) is 31.2 Å². The molecule has 2 N–H and O–H groups in total. The van der Waals surface area contributed by atoms with E-state index in [1.54, 1.807) is 6.20 Å². The van der Waals surface area contributed by atoms with Crippen LogP contribution in [-0.2, 0) is 6.54 Å². The molecular weight excluding hydrogens is 248 g/mol. The van der Waals surface area contributed by atoms with Gasteiger partial charge in [0.1, 0.15) is 5.82 Å². The number of hydrogen-bond acceptors (Lipinski definition) is 4. The molecule has 0 aliphatic carbocycles. The molecular formula is C16H22N4. The third-order valence-corrected chi connectivity index (χ3v) is 3.36. The van der Waals surface area contributed by atoms with Crippen LogP contribution >= 0.6 is 0 Å². The first-order valence-electron chi connectivity index (χ1n) is 7.07. The van der Waals surface area contributed by atoms with Crippen LogP contribution in [0.15, 0.2) is 36.5 Å². The highest BCUT2D eigenvalue weighted by Gasteiger charge is 2.03. The fourth-order valence-corrected chi connectivity index (χ4v) is 1.86. The molecule has 0 spiro atoms. The van der Waals surface area contributed by atoms with E-state index in [0.717, 1.165) is 18.8 Å². The van der Waals surface area contributed by atoms with Crippen LogP contribution < -0.4 is 10.6 Å². The molecule has 0 bridgehead atoms. The van der Waals surface area contributed by atoms with Gasteiger partial charge >= 0.3 is 0 Å². The maximum Gasteiger partial charge on any atom is 0.224 e. The van der Waals surface area contributed by atoms with Gasteiger partial charge in [0.25, 0.3) is 0 Å². The molecule has 0 aliphatic heterocycles. The number of aromatic nitrogens is 2. The van der Waals surface area contributed by atoms with Gasteiger partial charge in [-0.3, -0.25) is 0 Å². The Hall–Kier alpha value is -2.10. The molecule has 2 rings (SSSR count). The van der Waals surface area contributed by atoms with Gasteiger partial charge in [-0.25, -0.2) is 4.98 Å². The molecule has 1 atom stereocenters. The van der Waals surface area contributed by atoms with E-state index in [1.165, 1.54) is 11.1 Å². The SMILES string of the molecule is CCC(C)Nc1ccnc(NCc2ccccc2C)n1. The number of benzene rings is 1. The molecule has 106 valence electrons. The average Bonchev–Trinajstić information content (AvgIpc) is 2.47. The predicted octanol–water partition coefficient (Wildman–Crippen LogP) is 3.61. The summed E-state index contributed by atoms with van der Waals surface area (Å²) in [5.74, 6) is 1.52. The van der Waals surface area contributed by atoms with Crippen molar-refractivity contribution in [2.45, 2.75) is 39.8 Å². The van der Waals surface area contributed by atoms with E-state index < -0.39 is 0 Å². The van der Waals surface area contributed by atoms with Crippen LogP contribution in [0.1, 0.15) is 31.4 Å². The van der Waals surface area contributed by atoms with Crippen molar-refractivity contribution in [1.82, 2.24) is 9.97 Å². The summed E-state index contributed by atoms with van der Waals surface area (Å²) in [6.45, 7) is 7.14. The topological polar surface area (TPSA) is 49.8 Å². The van der Waals surface area contributed by atoms with Crippen molar-refractivity contribution in [2.75, 3.05) is 10.6 Å². The Bertz CT molecular complexity index is 554. The summed E-state index contributed by atoms with van der Waals surface area (Å²) in [4.78, 5) is 8.73. The molecule has 0 saturated carbocycles. The van der Waals surface area contributed by atoms with Gasteiger partial charge in [0, 0.05) is 18.8 Å². The number of rotatable bonds is 6.